The first-order valence-corrected chi connectivity index (χ1v) is 7.25. The second kappa shape index (κ2) is 5.71. The van der Waals surface area contributed by atoms with Crippen molar-refractivity contribution in [3.05, 3.63) is 60.6 Å². The van der Waals surface area contributed by atoms with Gasteiger partial charge in [0.2, 0.25) is 0 Å². The summed E-state index contributed by atoms with van der Waals surface area (Å²) in [5.74, 6) is 0. The quantitative estimate of drug-likeness (QED) is 0.562. The van der Waals surface area contributed by atoms with Gasteiger partial charge in [-0.05, 0) is 29.8 Å². The normalized spacial score (nSPS) is 11.6. The summed E-state index contributed by atoms with van der Waals surface area (Å²) < 4.78 is 40.2. The Morgan fingerprint density at radius 3 is 2.41 bits per heavy atom. The largest absolute Gasteiger partial charge is 0.416 e. The van der Waals surface area contributed by atoms with Crippen LogP contribution in [0.25, 0.3) is 22.4 Å². The molecule has 2 aromatic heterocycles. The van der Waals surface area contributed by atoms with Gasteiger partial charge in [0.1, 0.15) is 5.69 Å². The third-order valence-electron chi connectivity index (χ3n) is 3.14. The van der Waals surface area contributed by atoms with Crippen LogP contribution in [-0.4, -0.2) is 13.0 Å². The van der Waals surface area contributed by atoms with Gasteiger partial charge in [-0.2, -0.15) is 18.3 Å². The Balaban J connectivity index is 2.14. The van der Waals surface area contributed by atoms with Gasteiger partial charge in [-0.3, -0.25) is 4.98 Å². The highest BCUT2D eigenvalue weighted by molar-refractivity contribution is 14.1. The van der Waals surface area contributed by atoms with Crippen molar-refractivity contribution in [3.8, 4) is 22.4 Å². The average molecular weight is 415 g/mol. The van der Waals surface area contributed by atoms with E-state index < -0.39 is 11.7 Å². The molecule has 0 atom stereocenters. The van der Waals surface area contributed by atoms with Gasteiger partial charge in [-0.25, -0.2) is 2.90 Å². The number of rotatable bonds is 2. The Morgan fingerprint density at radius 2 is 1.73 bits per heavy atom. The molecular formula is C15H9F3IN3. The Labute approximate surface area is 138 Å². The van der Waals surface area contributed by atoms with E-state index in [0.29, 0.717) is 11.3 Å². The van der Waals surface area contributed by atoms with Gasteiger partial charge in [-0.1, -0.05) is 12.1 Å². The maximum Gasteiger partial charge on any atom is 0.416 e. The van der Waals surface area contributed by atoms with Crippen LogP contribution in [0.15, 0.2) is 55.0 Å². The van der Waals surface area contributed by atoms with Crippen LogP contribution in [0.2, 0.25) is 0 Å². The lowest BCUT2D eigenvalue weighted by Gasteiger charge is -2.08. The number of nitrogens with zero attached hydrogens (tertiary/aromatic N) is 3. The van der Waals surface area contributed by atoms with Crippen LogP contribution >= 0.6 is 22.9 Å². The monoisotopic (exact) mass is 415 g/mol. The van der Waals surface area contributed by atoms with Crippen LogP contribution in [0.3, 0.4) is 0 Å². The summed E-state index contributed by atoms with van der Waals surface area (Å²) in [4.78, 5) is 3.95. The van der Waals surface area contributed by atoms with Crippen LogP contribution in [0.5, 0.6) is 0 Å². The zero-order valence-corrected chi connectivity index (χ0v) is 13.2. The molecule has 0 N–H and O–H groups in total. The van der Waals surface area contributed by atoms with Crippen molar-refractivity contribution in [2.45, 2.75) is 6.18 Å². The fraction of sp³-hybridized carbons (Fsp3) is 0.0667. The van der Waals surface area contributed by atoms with E-state index in [1.165, 1.54) is 6.07 Å². The minimum absolute atomic E-state index is 0.428. The summed E-state index contributed by atoms with van der Waals surface area (Å²) in [5, 5.41) is 4.30. The number of aromatic nitrogens is 3. The SMILES string of the molecule is FC(F)(F)c1cccc(-c2nn(I)cc2-c2ccncc2)c1. The molecule has 0 aliphatic rings. The van der Waals surface area contributed by atoms with E-state index in [-0.39, 0.29) is 0 Å². The molecule has 0 bridgehead atoms. The molecule has 0 aliphatic carbocycles. The predicted molar refractivity (Wildman–Crippen MR) is 85.3 cm³/mol. The van der Waals surface area contributed by atoms with Crippen molar-refractivity contribution in [2.24, 2.45) is 0 Å². The van der Waals surface area contributed by atoms with Gasteiger partial charge in [0, 0.05) is 29.7 Å². The van der Waals surface area contributed by atoms with E-state index in [1.807, 2.05) is 22.9 Å². The summed E-state index contributed by atoms with van der Waals surface area (Å²) in [7, 11) is 0. The lowest BCUT2D eigenvalue weighted by molar-refractivity contribution is -0.137. The smallest absolute Gasteiger partial charge is 0.265 e. The highest BCUT2D eigenvalue weighted by Crippen LogP contribution is 2.35. The van der Waals surface area contributed by atoms with E-state index >= 15 is 0 Å². The molecule has 0 saturated carbocycles. The maximum absolute atomic E-state index is 12.9. The van der Waals surface area contributed by atoms with E-state index in [2.05, 4.69) is 10.1 Å². The van der Waals surface area contributed by atoms with Gasteiger partial charge in [0.05, 0.1) is 28.4 Å². The van der Waals surface area contributed by atoms with Gasteiger partial charge >= 0.3 is 6.18 Å². The fourth-order valence-electron chi connectivity index (χ4n) is 2.14. The van der Waals surface area contributed by atoms with Gasteiger partial charge in [0.25, 0.3) is 0 Å². The van der Waals surface area contributed by atoms with Gasteiger partial charge < -0.3 is 0 Å². The molecule has 0 spiro atoms. The van der Waals surface area contributed by atoms with Crippen LogP contribution in [0, 0.1) is 0 Å². The maximum atomic E-state index is 12.9. The molecule has 0 unspecified atom stereocenters. The molecule has 2 heterocycles. The molecule has 0 aliphatic heterocycles. The number of hydrogen-bond donors (Lipinski definition) is 0. The van der Waals surface area contributed by atoms with Gasteiger partial charge in [-0.15, -0.1) is 0 Å². The zero-order valence-electron chi connectivity index (χ0n) is 11.0. The molecule has 112 valence electrons. The topological polar surface area (TPSA) is 30.7 Å². The zero-order chi connectivity index (χ0) is 15.7. The molecule has 1 aromatic carbocycles. The third-order valence-corrected chi connectivity index (χ3v) is 3.64. The molecule has 0 amide bonds. The molecule has 7 heteroatoms. The molecule has 3 nitrogen and oxygen atoms in total. The van der Waals surface area contributed by atoms with E-state index in [1.54, 1.807) is 39.7 Å². The average Bonchev–Trinajstić information content (AvgIpc) is 2.89. The highest BCUT2D eigenvalue weighted by Gasteiger charge is 2.30. The fourth-order valence-corrected chi connectivity index (χ4v) is 2.64. The standard InChI is InChI=1S/C15H9F3IN3/c16-15(17,18)12-3-1-2-11(8-12)14-13(9-22(19)21-14)10-4-6-20-7-5-10/h1-9H. The van der Waals surface area contributed by atoms with Crippen molar-refractivity contribution in [3.63, 3.8) is 0 Å². The molecule has 0 saturated heterocycles. The highest BCUT2D eigenvalue weighted by atomic mass is 127. The Kier molecular flexibility index (Phi) is 3.90. The number of benzene rings is 1. The van der Waals surface area contributed by atoms with Crippen LogP contribution < -0.4 is 0 Å². The molecule has 22 heavy (non-hydrogen) atoms. The Bertz CT molecular complexity index is 797. The minimum Gasteiger partial charge on any atom is -0.265 e. The second-order valence-electron chi connectivity index (χ2n) is 4.59. The van der Waals surface area contributed by atoms with Crippen molar-refractivity contribution in [1.29, 1.82) is 0 Å². The lowest BCUT2D eigenvalue weighted by Crippen LogP contribution is -2.04. The molecular weight excluding hydrogens is 406 g/mol. The molecule has 3 rings (SSSR count). The predicted octanol–water partition coefficient (Wildman–Crippen LogP) is 4.83. The lowest BCUT2D eigenvalue weighted by atomic mass is 10.0. The summed E-state index contributed by atoms with van der Waals surface area (Å²) in [6, 6.07) is 8.77. The second-order valence-corrected chi connectivity index (χ2v) is 5.58. The number of pyridine rings is 1. The van der Waals surface area contributed by atoms with Crippen molar-refractivity contribution in [2.75, 3.05) is 0 Å². The summed E-state index contributed by atoms with van der Waals surface area (Å²) in [6.07, 6.45) is 0.663. The Hall–Kier alpha value is -1.90. The molecule has 0 radical (unpaired) electrons. The number of alkyl halides is 3. The van der Waals surface area contributed by atoms with Crippen molar-refractivity contribution in [1.82, 2.24) is 13.0 Å². The number of halogens is 4. The third kappa shape index (κ3) is 2.99. The summed E-state index contributed by atoms with van der Waals surface area (Å²) in [5.41, 5.74) is 1.86. The van der Waals surface area contributed by atoms with E-state index in [0.717, 1.165) is 23.3 Å². The van der Waals surface area contributed by atoms with Crippen molar-refractivity contribution < 1.29 is 13.2 Å². The van der Waals surface area contributed by atoms with Crippen LogP contribution in [0.1, 0.15) is 5.56 Å². The first kappa shape index (κ1) is 15.0. The van der Waals surface area contributed by atoms with Gasteiger partial charge in [0.15, 0.2) is 0 Å². The summed E-state index contributed by atoms with van der Waals surface area (Å²) >= 11 is 1.97. The minimum atomic E-state index is -4.38. The number of hydrogen-bond acceptors (Lipinski definition) is 2. The summed E-state index contributed by atoms with van der Waals surface area (Å²) in [6.45, 7) is 0. The Morgan fingerprint density at radius 1 is 1.00 bits per heavy atom. The first-order chi connectivity index (χ1) is 10.4. The first-order valence-electron chi connectivity index (χ1n) is 6.29. The van der Waals surface area contributed by atoms with Crippen LogP contribution in [-0.2, 0) is 6.18 Å². The van der Waals surface area contributed by atoms with E-state index in [4.69, 9.17) is 0 Å². The molecule has 3 aromatic rings. The molecule has 0 fully saturated rings. The van der Waals surface area contributed by atoms with Crippen molar-refractivity contribution >= 4 is 22.9 Å². The van der Waals surface area contributed by atoms with Crippen LogP contribution in [0.4, 0.5) is 13.2 Å². The van der Waals surface area contributed by atoms with E-state index in [9.17, 15) is 13.2 Å².